The van der Waals surface area contributed by atoms with Crippen LogP contribution in [0.2, 0.25) is 0 Å². The number of hydrogen-bond donors (Lipinski definition) is 1. The van der Waals surface area contributed by atoms with Crippen LogP contribution in [0.1, 0.15) is 17.3 Å². The number of para-hydroxylation sites is 1. The Labute approximate surface area is 135 Å². The minimum absolute atomic E-state index is 0.259. The molecule has 0 radical (unpaired) electrons. The molecular weight excluding hydrogens is 330 g/mol. The summed E-state index contributed by atoms with van der Waals surface area (Å²) in [5, 5.41) is 6.56. The summed E-state index contributed by atoms with van der Waals surface area (Å²) in [6.45, 7) is 2.05. The zero-order valence-corrected chi connectivity index (χ0v) is 12.6. The maximum atomic E-state index is 13.1. The Morgan fingerprint density at radius 3 is 2.67 bits per heavy atom. The summed E-state index contributed by atoms with van der Waals surface area (Å²) < 4.78 is 56.3. The summed E-state index contributed by atoms with van der Waals surface area (Å²) in [5.74, 6) is -1.33. The van der Waals surface area contributed by atoms with Crippen molar-refractivity contribution in [3.63, 3.8) is 0 Å². The summed E-state index contributed by atoms with van der Waals surface area (Å²) >= 11 is 0. The predicted octanol–water partition coefficient (Wildman–Crippen LogP) is 2.94. The average molecular weight is 345 g/mol. The quantitative estimate of drug-likeness (QED) is 0.785. The molecule has 2 aromatic rings. The maximum absolute atomic E-state index is 13.1. The average Bonchev–Trinajstić information content (AvgIpc) is 2.99. The number of alkyl halides is 4. The number of carbonyl (C=O) groups excluding carboxylic acids is 1. The number of carbonyl (C=O) groups is 1. The molecule has 1 aromatic heterocycles. The third kappa shape index (κ3) is 4.46. The van der Waals surface area contributed by atoms with E-state index in [0.29, 0.717) is 6.54 Å². The third-order valence-electron chi connectivity index (χ3n) is 3.03. The Bertz CT molecular complexity index is 677. The maximum Gasteiger partial charge on any atom is 0.461 e. The highest BCUT2D eigenvalue weighted by molar-refractivity contribution is 5.97. The number of nitrogens with one attached hydrogen (secondary N) is 1. The molecule has 5 nitrogen and oxygen atoms in total. The number of amides is 1. The molecule has 1 heterocycles. The van der Waals surface area contributed by atoms with Gasteiger partial charge in [0.05, 0.1) is 12.1 Å². The minimum atomic E-state index is -4.68. The third-order valence-corrected chi connectivity index (χ3v) is 3.03. The van der Waals surface area contributed by atoms with Gasteiger partial charge >= 0.3 is 12.5 Å². The summed E-state index contributed by atoms with van der Waals surface area (Å²) in [5.41, 5.74) is -0.259. The Kier molecular flexibility index (Phi) is 5.42. The van der Waals surface area contributed by atoms with Crippen molar-refractivity contribution < 1.29 is 27.1 Å². The Morgan fingerprint density at radius 2 is 2.04 bits per heavy atom. The van der Waals surface area contributed by atoms with Crippen molar-refractivity contribution in [1.82, 2.24) is 15.1 Å². The molecule has 0 spiro atoms. The van der Waals surface area contributed by atoms with Crippen molar-refractivity contribution >= 4 is 5.91 Å². The number of hydrogen-bond acceptors (Lipinski definition) is 3. The monoisotopic (exact) mass is 345 g/mol. The van der Waals surface area contributed by atoms with Crippen LogP contribution < -0.4 is 10.1 Å². The highest BCUT2D eigenvalue weighted by atomic mass is 19.3. The Hall–Kier alpha value is -2.58. The lowest BCUT2D eigenvalue weighted by Crippen LogP contribution is -2.37. The zero-order valence-electron chi connectivity index (χ0n) is 12.6. The van der Waals surface area contributed by atoms with Crippen LogP contribution in [-0.2, 0) is 6.54 Å². The van der Waals surface area contributed by atoms with Crippen molar-refractivity contribution in [3.8, 4) is 5.75 Å². The molecule has 1 N–H and O–H groups in total. The van der Waals surface area contributed by atoms with Gasteiger partial charge in [-0.25, -0.2) is 0 Å². The van der Waals surface area contributed by atoms with E-state index in [1.165, 1.54) is 18.2 Å². The molecule has 0 bridgehead atoms. The lowest BCUT2D eigenvalue weighted by atomic mass is 10.1. The van der Waals surface area contributed by atoms with E-state index < -0.39 is 24.2 Å². The fourth-order valence-electron chi connectivity index (χ4n) is 1.97. The molecule has 130 valence electrons. The molecule has 0 saturated heterocycles. The number of rotatable bonds is 7. The van der Waals surface area contributed by atoms with Gasteiger partial charge in [-0.3, -0.25) is 9.48 Å². The topological polar surface area (TPSA) is 56.2 Å². The van der Waals surface area contributed by atoms with E-state index in [9.17, 15) is 22.4 Å². The summed E-state index contributed by atoms with van der Waals surface area (Å²) in [6.07, 6.45) is -5.42. The zero-order chi connectivity index (χ0) is 17.7. The SMILES string of the molecule is CC(Cn1cccn1)NC(=O)c1ccccc1OC(F)(F)C(F)F. The molecule has 0 fully saturated rings. The molecule has 0 aliphatic rings. The van der Waals surface area contributed by atoms with Gasteiger partial charge in [0.1, 0.15) is 5.75 Å². The molecule has 1 amide bonds. The van der Waals surface area contributed by atoms with Crippen molar-refractivity contribution in [2.75, 3.05) is 0 Å². The minimum Gasteiger partial charge on any atom is -0.427 e. The first-order valence-corrected chi connectivity index (χ1v) is 7.02. The molecule has 24 heavy (non-hydrogen) atoms. The van der Waals surface area contributed by atoms with Crippen molar-refractivity contribution in [3.05, 3.63) is 48.3 Å². The van der Waals surface area contributed by atoms with Crippen LogP contribution in [0.3, 0.4) is 0 Å². The lowest BCUT2D eigenvalue weighted by molar-refractivity contribution is -0.253. The van der Waals surface area contributed by atoms with Crippen LogP contribution in [0.15, 0.2) is 42.7 Å². The van der Waals surface area contributed by atoms with Gasteiger partial charge in [0, 0.05) is 18.4 Å². The van der Waals surface area contributed by atoms with Gasteiger partial charge in [-0.2, -0.15) is 22.7 Å². The highest BCUT2D eigenvalue weighted by Gasteiger charge is 2.44. The normalized spacial score (nSPS) is 12.9. The van der Waals surface area contributed by atoms with Gasteiger partial charge in [-0.05, 0) is 25.1 Å². The first kappa shape index (κ1) is 17.8. The van der Waals surface area contributed by atoms with Gasteiger partial charge in [0.2, 0.25) is 0 Å². The molecule has 1 aromatic carbocycles. The first-order valence-electron chi connectivity index (χ1n) is 7.02. The van der Waals surface area contributed by atoms with Crippen LogP contribution in [0.25, 0.3) is 0 Å². The second-order valence-electron chi connectivity index (χ2n) is 5.06. The molecule has 1 atom stereocenters. The number of nitrogens with zero attached hydrogens (tertiary/aromatic N) is 2. The Morgan fingerprint density at radius 1 is 1.33 bits per heavy atom. The molecule has 1 unspecified atom stereocenters. The van der Waals surface area contributed by atoms with E-state index in [-0.39, 0.29) is 11.6 Å². The van der Waals surface area contributed by atoms with Crippen LogP contribution in [0.5, 0.6) is 5.75 Å². The van der Waals surface area contributed by atoms with Crippen molar-refractivity contribution in [2.24, 2.45) is 0 Å². The van der Waals surface area contributed by atoms with Crippen LogP contribution in [0.4, 0.5) is 17.6 Å². The van der Waals surface area contributed by atoms with Crippen LogP contribution in [0, 0.1) is 0 Å². The summed E-state index contributed by atoms with van der Waals surface area (Å²) in [4.78, 5) is 12.2. The number of ether oxygens (including phenoxy) is 1. The van der Waals surface area contributed by atoms with Gasteiger partial charge in [-0.15, -0.1) is 0 Å². The molecule has 9 heteroatoms. The van der Waals surface area contributed by atoms with Crippen molar-refractivity contribution in [2.45, 2.75) is 32.0 Å². The van der Waals surface area contributed by atoms with Gasteiger partial charge in [0.15, 0.2) is 0 Å². The van der Waals surface area contributed by atoms with Crippen molar-refractivity contribution in [1.29, 1.82) is 0 Å². The van der Waals surface area contributed by atoms with Crippen LogP contribution >= 0.6 is 0 Å². The standard InChI is InChI=1S/C15H15F4N3O2/c1-10(9-22-8-4-7-20-22)21-13(23)11-5-2-3-6-12(11)24-15(18,19)14(16)17/h2-8,10,14H,9H2,1H3,(H,21,23). The summed E-state index contributed by atoms with van der Waals surface area (Å²) in [6, 6.07) is 6.31. The fraction of sp³-hybridized carbons (Fsp3) is 0.333. The fourth-order valence-corrected chi connectivity index (χ4v) is 1.97. The first-order chi connectivity index (χ1) is 11.3. The van der Waals surface area contributed by atoms with E-state index in [1.54, 1.807) is 30.1 Å². The van der Waals surface area contributed by atoms with E-state index in [4.69, 9.17) is 0 Å². The van der Waals surface area contributed by atoms with Gasteiger partial charge in [-0.1, -0.05) is 12.1 Å². The largest absolute Gasteiger partial charge is 0.461 e. The molecule has 2 rings (SSSR count). The lowest BCUT2D eigenvalue weighted by Gasteiger charge is -2.20. The molecular formula is C15H15F4N3O2. The highest BCUT2D eigenvalue weighted by Crippen LogP contribution is 2.29. The smallest absolute Gasteiger partial charge is 0.427 e. The van der Waals surface area contributed by atoms with E-state index >= 15 is 0 Å². The number of aromatic nitrogens is 2. The van der Waals surface area contributed by atoms with E-state index in [0.717, 1.165) is 6.07 Å². The molecule has 0 aliphatic carbocycles. The molecule has 0 aliphatic heterocycles. The van der Waals surface area contributed by atoms with E-state index in [1.807, 2.05) is 0 Å². The van der Waals surface area contributed by atoms with Crippen LogP contribution in [-0.4, -0.2) is 34.3 Å². The second kappa shape index (κ2) is 7.33. The Balaban J connectivity index is 2.09. The second-order valence-corrected chi connectivity index (χ2v) is 5.06. The van der Waals surface area contributed by atoms with Gasteiger partial charge in [0.25, 0.3) is 5.91 Å². The summed E-state index contributed by atoms with van der Waals surface area (Å²) in [7, 11) is 0. The van der Waals surface area contributed by atoms with Gasteiger partial charge < -0.3 is 10.1 Å². The predicted molar refractivity (Wildman–Crippen MR) is 77.2 cm³/mol. The number of benzene rings is 1. The number of halogens is 4. The molecule has 0 saturated carbocycles. The van der Waals surface area contributed by atoms with E-state index in [2.05, 4.69) is 15.2 Å².